The third kappa shape index (κ3) is 3.54. The van der Waals surface area contributed by atoms with Crippen molar-refractivity contribution in [2.24, 2.45) is 0 Å². The van der Waals surface area contributed by atoms with Crippen LogP contribution in [0.4, 0.5) is 4.39 Å². The minimum absolute atomic E-state index is 0.178. The zero-order valence-corrected chi connectivity index (χ0v) is 10.7. The molecule has 0 spiro atoms. The Morgan fingerprint density at radius 3 is 2.47 bits per heavy atom. The minimum Gasteiger partial charge on any atom is -0.352 e. The van der Waals surface area contributed by atoms with Gasteiger partial charge in [-0.15, -0.1) is 0 Å². The summed E-state index contributed by atoms with van der Waals surface area (Å²) < 4.78 is 12.8. The molecule has 2 rings (SSSR count). The number of hydrogen-bond acceptors (Lipinski definition) is 2. The van der Waals surface area contributed by atoms with E-state index >= 15 is 0 Å². The topological polar surface area (TPSA) is 52.9 Å². The van der Waals surface area contributed by atoms with E-state index in [4.69, 9.17) is 5.26 Å². The second-order valence-corrected chi connectivity index (χ2v) is 4.96. The Morgan fingerprint density at radius 2 is 1.89 bits per heavy atom. The van der Waals surface area contributed by atoms with Crippen LogP contribution in [0, 0.1) is 17.1 Å². The summed E-state index contributed by atoms with van der Waals surface area (Å²) in [7, 11) is 0. The van der Waals surface area contributed by atoms with Crippen LogP contribution in [0.5, 0.6) is 0 Å². The van der Waals surface area contributed by atoms with Gasteiger partial charge in [-0.05, 0) is 30.5 Å². The molecule has 1 N–H and O–H groups in total. The Morgan fingerprint density at radius 1 is 1.26 bits per heavy atom. The Hall–Kier alpha value is -1.89. The van der Waals surface area contributed by atoms with Gasteiger partial charge in [-0.3, -0.25) is 4.79 Å². The molecule has 1 aliphatic carbocycles. The first kappa shape index (κ1) is 13.5. The van der Waals surface area contributed by atoms with Crippen molar-refractivity contribution in [3.05, 3.63) is 35.6 Å². The van der Waals surface area contributed by atoms with Gasteiger partial charge in [0, 0.05) is 6.04 Å². The molecule has 0 heterocycles. The van der Waals surface area contributed by atoms with Gasteiger partial charge in [0.1, 0.15) is 11.7 Å². The first-order valence-electron chi connectivity index (χ1n) is 6.66. The molecule has 3 nitrogen and oxygen atoms in total. The highest BCUT2D eigenvalue weighted by atomic mass is 19.1. The smallest absolute Gasteiger partial charge is 0.242 e. The normalized spacial score (nSPS) is 17.5. The average Bonchev–Trinajstić information content (AvgIpc) is 2.43. The largest absolute Gasteiger partial charge is 0.352 e. The van der Waals surface area contributed by atoms with Gasteiger partial charge >= 0.3 is 0 Å². The molecule has 1 unspecified atom stereocenters. The van der Waals surface area contributed by atoms with E-state index in [-0.39, 0.29) is 17.8 Å². The molecule has 1 aromatic carbocycles. The van der Waals surface area contributed by atoms with E-state index in [0.29, 0.717) is 5.56 Å². The predicted molar refractivity (Wildman–Crippen MR) is 69.8 cm³/mol. The summed E-state index contributed by atoms with van der Waals surface area (Å²) in [6, 6.07) is 7.69. The van der Waals surface area contributed by atoms with E-state index in [1.807, 2.05) is 6.07 Å². The van der Waals surface area contributed by atoms with Crippen molar-refractivity contribution < 1.29 is 9.18 Å². The summed E-state index contributed by atoms with van der Waals surface area (Å²) in [6.07, 6.45) is 5.42. The second-order valence-electron chi connectivity index (χ2n) is 4.96. The van der Waals surface area contributed by atoms with Crippen molar-refractivity contribution in [2.45, 2.75) is 44.1 Å². The molecular weight excluding hydrogens is 243 g/mol. The molecule has 1 fully saturated rings. The summed E-state index contributed by atoms with van der Waals surface area (Å²) in [5.41, 5.74) is 0.539. The van der Waals surface area contributed by atoms with Gasteiger partial charge < -0.3 is 5.32 Å². The highest BCUT2D eigenvalue weighted by Crippen LogP contribution is 2.20. The first-order valence-corrected chi connectivity index (χ1v) is 6.66. The lowest BCUT2D eigenvalue weighted by atomic mass is 9.94. The maximum absolute atomic E-state index is 12.8. The van der Waals surface area contributed by atoms with Crippen LogP contribution in [-0.2, 0) is 4.79 Å². The SMILES string of the molecule is N#CC(C(=O)NC1CCCCC1)c1ccc(F)cc1. The molecule has 4 heteroatoms. The van der Waals surface area contributed by atoms with E-state index in [0.717, 1.165) is 25.7 Å². The average molecular weight is 260 g/mol. The Labute approximate surface area is 112 Å². The minimum atomic E-state index is -0.859. The molecule has 1 atom stereocenters. The number of carbonyl (C=O) groups excluding carboxylic acids is 1. The number of halogens is 1. The van der Waals surface area contributed by atoms with Crippen molar-refractivity contribution in [1.82, 2.24) is 5.32 Å². The Kier molecular flexibility index (Phi) is 4.51. The lowest BCUT2D eigenvalue weighted by molar-refractivity contribution is -0.122. The van der Waals surface area contributed by atoms with Crippen LogP contribution in [-0.4, -0.2) is 11.9 Å². The van der Waals surface area contributed by atoms with Gasteiger partial charge in [-0.25, -0.2) is 4.39 Å². The lowest BCUT2D eigenvalue weighted by Crippen LogP contribution is -2.38. The molecular formula is C15H17FN2O. The predicted octanol–water partition coefficient (Wildman–Crippen LogP) is 2.88. The number of nitrogens with zero attached hydrogens (tertiary/aromatic N) is 1. The van der Waals surface area contributed by atoms with Gasteiger partial charge in [0.25, 0.3) is 0 Å². The monoisotopic (exact) mass is 260 g/mol. The molecule has 0 bridgehead atoms. The van der Waals surface area contributed by atoms with Crippen LogP contribution < -0.4 is 5.32 Å². The number of rotatable bonds is 3. The van der Waals surface area contributed by atoms with Crippen molar-refractivity contribution >= 4 is 5.91 Å². The molecule has 0 saturated heterocycles. The van der Waals surface area contributed by atoms with E-state index in [1.165, 1.54) is 30.7 Å². The fourth-order valence-electron chi connectivity index (χ4n) is 2.47. The van der Waals surface area contributed by atoms with Gasteiger partial charge in [0.05, 0.1) is 6.07 Å². The molecule has 1 saturated carbocycles. The maximum Gasteiger partial charge on any atom is 0.242 e. The summed E-state index contributed by atoms with van der Waals surface area (Å²) in [5, 5.41) is 12.1. The maximum atomic E-state index is 12.8. The zero-order valence-electron chi connectivity index (χ0n) is 10.7. The molecule has 1 aromatic rings. The van der Waals surface area contributed by atoms with Crippen LogP contribution in [0.25, 0.3) is 0 Å². The Balaban J connectivity index is 2.02. The van der Waals surface area contributed by atoms with Crippen molar-refractivity contribution in [3.63, 3.8) is 0 Å². The molecule has 19 heavy (non-hydrogen) atoms. The van der Waals surface area contributed by atoms with E-state index in [2.05, 4.69) is 5.32 Å². The quantitative estimate of drug-likeness (QED) is 0.908. The molecule has 100 valence electrons. The standard InChI is InChI=1S/C15H17FN2O/c16-12-8-6-11(7-9-12)14(10-17)15(19)18-13-4-2-1-3-5-13/h6-9,13-14H,1-5H2,(H,18,19). The van der Waals surface area contributed by atoms with Crippen molar-refractivity contribution in [3.8, 4) is 6.07 Å². The number of carbonyl (C=O) groups is 1. The number of benzene rings is 1. The van der Waals surface area contributed by atoms with Crippen LogP contribution in [0.3, 0.4) is 0 Å². The third-order valence-corrected chi connectivity index (χ3v) is 3.55. The molecule has 1 amide bonds. The number of nitriles is 1. The number of nitrogens with one attached hydrogen (secondary N) is 1. The van der Waals surface area contributed by atoms with Crippen molar-refractivity contribution in [1.29, 1.82) is 5.26 Å². The molecule has 0 radical (unpaired) electrons. The summed E-state index contributed by atoms with van der Waals surface area (Å²) in [5.74, 6) is -1.50. The van der Waals surface area contributed by atoms with Crippen LogP contribution >= 0.6 is 0 Å². The highest BCUT2D eigenvalue weighted by Gasteiger charge is 2.23. The molecule has 0 aromatic heterocycles. The van der Waals surface area contributed by atoms with E-state index in [1.54, 1.807) is 0 Å². The fraction of sp³-hybridized carbons (Fsp3) is 0.467. The zero-order chi connectivity index (χ0) is 13.7. The number of amides is 1. The summed E-state index contributed by atoms with van der Waals surface area (Å²) in [6.45, 7) is 0. The van der Waals surface area contributed by atoms with E-state index < -0.39 is 5.92 Å². The van der Waals surface area contributed by atoms with Crippen molar-refractivity contribution in [2.75, 3.05) is 0 Å². The van der Waals surface area contributed by atoms with Gasteiger partial charge in [-0.2, -0.15) is 5.26 Å². The fourth-order valence-corrected chi connectivity index (χ4v) is 2.47. The summed E-state index contributed by atoms with van der Waals surface area (Å²) in [4.78, 5) is 12.1. The third-order valence-electron chi connectivity index (χ3n) is 3.55. The van der Waals surface area contributed by atoms with Gasteiger partial charge in [-0.1, -0.05) is 31.4 Å². The number of hydrogen-bond donors (Lipinski definition) is 1. The molecule has 1 aliphatic rings. The lowest BCUT2D eigenvalue weighted by Gasteiger charge is -2.23. The van der Waals surface area contributed by atoms with Crippen LogP contribution in [0.1, 0.15) is 43.6 Å². The van der Waals surface area contributed by atoms with Crippen LogP contribution in [0.15, 0.2) is 24.3 Å². The Bertz CT molecular complexity index is 472. The van der Waals surface area contributed by atoms with Crippen LogP contribution in [0.2, 0.25) is 0 Å². The first-order chi connectivity index (χ1) is 9.20. The highest BCUT2D eigenvalue weighted by molar-refractivity contribution is 5.86. The second kappa shape index (κ2) is 6.33. The van der Waals surface area contributed by atoms with Gasteiger partial charge in [0.2, 0.25) is 5.91 Å². The van der Waals surface area contributed by atoms with Gasteiger partial charge in [0.15, 0.2) is 0 Å². The molecule has 0 aliphatic heterocycles. The van der Waals surface area contributed by atoms with E-state index in [9.17, 15) is 9.18 Å². The summed E-state index contributed by atoms with van der Waals surface area (Å²) >= 11 is 0.